The number of benzene rings is 3. The summed E-state index contributed by atoms with van der Waals surface area (Å²) in [5.41, 5.74) is 2.65. The SMILES string of the molecule is COc1ccc(/C=C2/N=C(SCc3nnc(-c4ccccc4)o3)N(c3cccc(OC)c3)C2=O)cc1. The van der Waals surface area contributed by atoms with E-state index in [4.69, 9.17) is 13.9 Å². The van der Waals surface area contributed by atoms with Crippen LogP contribution in [0.15, 0.2) is 94.0 Å². The summed E-state index contributed by atoms with van der Waals surface area (Å²) in [5, 5.41) is 8.81. The van der Waals surface area contributed by atoms with Crippen LogP contribution in [0.25, 0.3) is 17.5 Å². The van der Waals surface area contributed by atoms with Crippen LogP contribution in [0.5, 0.6) is 11.5 Å². The van der Waals surface area contributed by atoms with Gasteiger partial charge in [-0.2, -0.15) is 0 Å². The predicted molar refractivity (Wildman–Crippen MR) is 140 cm³/mol. The molecule has 0 saturated heterocycles. The second-order valence-corrected chi connectivity index (χ2v) is 8.64. The molecule has 0 bridgehead atoms. The van der Waals surface area contributed by atoms with Gasteiger partial charge in [0.1, 0.15) is 17.2 Å². The van der Waals surface area contributed by atoms with Crippen molar-refractivity contribution in [2.75, 3.05) is 19.1 Å². The standard InChI is InChI=1S/C27H22N4O4S/c1-33-21-13-11-18(12-14-21)15-23-26(32)31(20-9-6-10-22(16-20)34-2)27(28-23)36-17-24-29-30-25(35-24)19-7-4-3-5-8-19/h3-16H,17H2,1-2H3/b23-15+. The Morgan fingerprint density at radius 3 is 2.44 bits per heavy atom. The summed E-state index contributed by atoms with van der Waals surface area (Å²) in [4.78, 5) is 19.7. The van der Waals surface area contributed by atoms with Gasteiger partial charge in [-0.25, -0.2) is 4.99 Å². The summed E-state index contributed by atoms with van der Waals surface area (Å²) < 4.78 is 16.4. The fraction of sp³-hybridized carbons (Fsp3) is 0.111. The molecule has 9 heteroatoms. The summed E-state index contributed by atoms with van der Waals surface area (Å²) in [7, 11) is 3.20. The molecular weight excluding hydrogens is 476 g/mol. The van der Waals surface area contributed by atoms with Crippen LogP contribution < -0.4 is 14.4 Å². The van der Waals surface area contributed by atoms with E-state index in [1.165, 1.54) is 11.8 Å². The average molecular weight is 499 g/mol. The fourth-order valence-electron chi connectivity index (χ4n) is 3.56. The summed E-state index contributed by atoms with van der Waals surface area (Å²) in [6.45, 7) is 0. The molecule has 0 radical (unpaired) electrons. The summed E-state index contributed by atoms with van der Waals surface area (Å²) in [5.74, 6) is 2.37. The Hall–Kier alpha value is -4.37. The van der Waals surface area contributed by atoms with E-state index in [0.717, 1.165) is 16.9 Å². The van der Waals surface area contributed by atoms with Gasteiger partial charge in [0.25, 0.3) is 5.91 Å². The minimum absolute atomic E-state index is 0.239. The highest BCUT2D eigenvalue weighted by molar-refractivity contribution is 8.13. The van der Waals surface area contributed by atoms with E-state index in [2.05, 4.69) is 15.2 Å². The number of nitrogens with zero attached hydrogens (tertiary/aromatic N) is 4. The number of methoxy groups -OCH3 is 2. The normalized spacial score (nSPS) is 14.3. The Balaban J connectivity index is 1.43. The van der Waals surface area contributed by atoms with E-state index in [1.807, 2.05) is 72.8 Å². The smallest absolute Gasteiger partial charge is 0.283 e. The van der Waals surface area contributed by atoms with Gasteiger partial charge in [0, 0.05) is 11.6 Å². The summed E-state index contributed by atoms with van der Waals surface area (Å²) >= 11 is 1.34. The zero-order valence-corrected chi connectivity index (χ0v) is 20.4. The lowest BCUT2D eigenvalue weighted by Crippen LogP contribution is -2.30. The molecule has 0 fully saturated rings. The molecule has 1 amide bonds. The Bertz CT molecular complexity index is 1430. The molecule has 1 aliphatic heterocycles. The largest absolute Gasteiger partial charge is 0.497 e. The van der Waals surface area contributed by atoms with Crippen LogP contribution in [0, 0.1) is 0 Å². The minimum atomic E-state index is -0.239. The number of aromatic nitrogens is 2. The molecule has 0 unspecified atom stereocenters. The minimum Gasteiger partial charge on any atom is -0.497 e. The van der Waals surface area contributed by atoms with Gasteiger partial charge in [-0.15, -0.1) is 10.2 Å². The van der Waals surface area contributed by atoms with Crippen molar-refractivity contribution >= 4 is 34.6 Å². The summed E-state index contributed by atoms with van der Waals surface area (Å²) in [6.07, 6.45) is 1.75. The highest BCUT2D eigenvalue weighted by Crippen LogP contribution is 2.33. The van der Waals surface area contributed by atoms with Gasteiger partial charge in [0.15, 0.2) is 5.17 Å². The van der Waals surface area contributed by atoms with Gasteiger partial charge in [0.2, 0.25) is 11.8 Å². The quantitative estimate of drug-likeness (QED) is 0.314. The van der Waals surface area contributed by atoms with Crippen LogP contribution >= 0.6 is 11.8 Å². The van der Waals surface area contributed by atoms with Crippen LogP contribution in [-0.4, -0.2) is 35.5 Å². The fourth-order valence-corrected chi connectivity index (χ4v) is 4.41. The molecule has 4 aromatic rings. The van der Waals surface area contributed by atoms with Crippen molar-refractivity contribution in [2.24, 2.45) is 4.99 Å². The van der Waals surface area contributed by atoms with Crippen LogP contribution in [0.3, 0.4) is 0 Å². The van der Waals surface area contributed by atoms with Gasteiger partial charge >= 0.3 is 0 Å². The monoisotopic (exact) mass is 498 g/mol. The van der Waals surface area contributed by atoms with Gasteiger partial charge in [-0.3, -0.25) is 9.69 Å². The highest BCUT2D eigenvalue weighted by Gasteiger charge is 2.32. The van der Waals surface area contributed by atoms with Crippen LogP contribution in [-0.2, 0) is 10.5 Å². The lowest BCUT2D eigenvalue weighted by molar-refractivity contribution is -0.113. The first kappa shape index (κ1) is 23.4. The van der Waals surface area contributed by atoms with Gasteiger partial charge in [0.05, 0.1) is 25.7 Å². The highest BCUT2D eigenvalue weighted by atomic mass is 32.2. The van der Waals surface area contributed by atoms with E-state index in [0.29, 0.717) is 39.8 Å². The molecule has 0 atom stereocenters. The first-order chi connectivity index (χ1) is 17.6. The third-order valence-electron chi connectivity index (χ3n) is 5.37. The van der Waals surface area contributed by atoms with Crippen molar-refractivity contribution in [2.45, 2.75) is 5.75 Å². The van der Waals surface area contributed by atoms with Crippen LogP contribution in [0.2, 0.25) is 0 Å². The van der Waals surface area contributed by atoms with Crippen molar-refractivity contribution in [1.29, 1.82) is 0 Å². The van der Waals surface area contributed by atoms with Crippen molar-refractivity contribution in [3.8, 4) is 23.0 Å². The Kier molecular flexibility index (Phi) is 6.81. The molecule has 8 nitrogen and oxygen atoms in total. The van der Waals surface area contributed by atoms with Gasteiger partial charge in [-0.1, -0.05) is 48.2 Å². The molecule has 3 aromatic carbocycles. The molecule has 180 valence electrons. The number of hydrogen-bond donors (Lipinski definition) is 0. The molecule has 0 saturated carbocycles. The lowest BCUT2D eigenvalue weighted by Gasteiger charge is -2.18. The third-order valence-corrected chi connectivity index (χ3v) is 6.30. The second kappa shape index (κ2) is 10.5. The zero-order valence-electron chi connectivity index (χ0n) is 19.6. The number of aliphatic imine (C=N–C) groups is 1. The number of anilines is 1. The number of amides is 1. The molecule has 1 aromatic heterocycles. The molecule has 1 aliphatic rings. The van der Waals surface area contributed by atoms with Crippen LogP contribution in [0.4, 0.5) is 5.69 Å². The maximum atomic E-state index is 13.5. The third kappa shape index (κ3) is 5.01. The lowest BCUT2D eigenvalue weighted by atomic mass is 10.2. The zero-order chi connectivity index (χ0) is 24.9. The maximum Gasteiger partial charge on any atom is 0.283 e. The first-order valence-corrected chi connectivity index (χ1v) is 12.1. The first-order valence-electron chi connectivity index (χ1n) is 11.1. The van der Waals surface area contributed by atoms with Crippen molar-refractivity contribution in [3.63, 3.8) is 0 Å². The van der Waals surface area contributed by atoms with E-state index >= 15 is 0 Å². The summed E-state index contributed by atoms with van der Waals surface area (Å²) in [6, 6.07) is 24.3. The van der Waals surface area contributed by atoms with E-state index in [9.17, 15) is 4.79 Å². The number of ether oxygens (including phenoxy) is 2. The van der Waals surface area contributed by atoms with Crippen LogP contribution in [0.1, 0.15) is 11.5 Å². The Morgan fingerprint density at radius 1 is 0.917 bits per heavy atom. The Labute approximate surface area is 212 Å². The molecule has 0 aliphatic carbocycles. The molecule has 5 rings (SSSR count). The maximum absolute atomic E-state index is 13.5. The number of hydrogen-bond acceptors (Lipinski definition) is 8. The number of amidine groups is 1. The van der Waals surface area contributed by atoms with Gasteiger partial charge < -0.3 is 13.9 Å². The van der Waals surface area contributed by atoms with Crippen molar-refractivity contribution < 1.29 is 18.7 Å². The van der Waals surface area contributed by atoms with E-state index in [-0.39, 0.29) is 5.91 Å². The Morgan fingerprint density at radius 2 is 1.69 bits per heavy atom. The number of carbonyl (C=O) groups is 1. The van der Waals surface area contributed by atoms with Gasteiger partial charge in [-0.05, 0) is 48.0 Å². The number of rotatable bonds is 7. The number of carbonyl (C=O) groups excluding carboxylic acids is 1. The molecule has 0 N–H and O–H groups in total. The molecular formula is C27H22N4O4S. The van der Waals surface area contributed by atoms with E-state index < -0.39 is 0 Å². The topological polar surface area (TPSA) is 90.1 Å². The average Bonchev–Trinajstić information content (AvgIpc) is 3.53. The van der Waals surface area contributed by atoms with E-state index in [1.54, 1.807) is 31.3 Å². The van der Waals surface area contributed by atoms with Crippen molar-refractivity contribution in [1.82, 2.24) is 10.2 Å². The molecule has 0 spiro atoms. The molecule has 2 heterocycles. The molecule has 36 heavy (non-hydrogen) atoms. The predicted octanol–water partition coefficient (Wildman–Crippen LogP) is 5.43. The van der Waals surface area contributed by atoms with Crippen molar-refractivity contribution in [3.05, 3.63) is 96.0 Å². The number of thioether (sulfide) groups is 1. The second-order valence-electron chi connectivity index (χ2n) is 7.69.